The van der Waals surface area contributed by atoms with Gasteiger partial charge in [0.1, 0.15) is 5.75 Å². The summed E-state index contributed by atoms with van der Waals surface area (Å²) in [5, 5.41) is 0. The van der Waals surface area contributed by atoms with Gasteiger partial charge in [0.15, 0.2) is 11.6 Å². The fourth-order valence-electron chi connectivity index (χ4n) is 3.30. The molecule has 2 aromatic carbocycles. The number of unbranched alkanes of at least 4 members (excludes halogenated alkanes) is 3. The van der Waals surface area contributed by atoms with Crippen LogP contribution in [0.5, 0.6) is 11.5 Å². The van der Waals surface area contributed by atoms with Gasteiger partial charge in [0.25, 0.3) is 0 Å². The van der Waals surface area contributed by atoms with Crippen molar-refractivity contribution >= 4 is 5.97 Å². The molecule has 180 valence electrons. The number of nitrogens with zero attached hydrogens (tertiary/aromatic N) is 1. The number of aromatic nitrogens is 1. The van der Waals surface area contributed by atoms with E-state index in [0.717, 1.165) is 36.8 Å². The second kappa shape index (κ2) is 11.7. The minimum absolute atomic E-state index is 0.0423. The summed E-state index contributed by atoms with van der Waals surface area (Å²) in [4.78, 5) is 16.3. The highest BCUT2D eigenvalue weighted by molar-refractivity contribution is 5.81. The van der Waals surface area contributed by atoms with Crippen molar-refractivity contribution in [1.82, 2.24) is 4.98 Å². The maximum Gasteiger partial charge on any atom is 0.348 e. The molecule has 0 fully saturated rings. The third kappa shape index (κ3) is 6.62. The van der Waals surface area contributed by atoms with E-state index in [2.05, 4.69) is 11.9 Å². The molecule has 3 aromatic rings. The van der Waals surface area contributed by atoms with Crippen LogP contribution >= 0.6 is 0 Å². The Morgan fingerprint density at radius 2 is 1.65 bits per heavy atom. The van der Waals surface area contributed by atoms with Crippen molar-refractivity contribution in [3.05, 3.63) is 66.6 Å². The summed E-state index contributed by atoms with van der Waals surface area (Å²) in [5.41, 5.74) is 0.990. The maximum atomic E-state index is 14.5. The minimum Gasteiger partial charge on any atom is -0.491 e. The Balaban J connectivity index is 1.63. The molecule has 0 aliphatic heterocycles. The molecule has 0 unspecified atom stereocenters. The summed E-state index contributed by atoms with van der Waals surface area (Å²) in [5.74, 6) is -0.783. The molecule has 1 atom stereocenters. The molecule has 0 radical (unpaired) electrons. The summed E-state index contributed by atoms with van der Waals surface area (Å²) in [6, 6.07) is 15.3. The molecule has 0 aliphatic rings. The summed E-state index contributed by atoms with van der Waals surface area (Å²) >= 11 is 0. The number of benzene rings is 2. The van der Waals surface area contributed by atoms with Gasteiger partial charge in [0.05, 0.1) is 12.3 Å². The Morgan fingerprint density at radius 1 is 0.941 bits per heavy atom. The van der Waals surface area contributed by atoms with Crippen LogP contribution in [0.2, 0.25) is 0 Å². The first-order valence-corrected chi connectivity index (χ1v) is 11.7. The van der Waals surface area contributed by atoms with Gasteiger partial charge >= 0.3 is 5.97 Å². The second-order valence-electron chi connectivity index (χ2n) is 8.45. The van der Waals surface area contributed by atoms with E-state index in [1.54, 1.807) is 49.5 Å². The number of hydrogen-bond donors (Lipinski definition) is 0. The molecule has 0 amide bonds. The van der Waals surface area contributed by atoms with Gasteiger partial charge in [0, 0.05) is 17.3 Å². The van der Waals surface area contributed by atoms with Crippen molar-refractivity contribution in [1.29, 1.82) is 0 Å². The van der Waals surface area contributed by atoms with Gasteiger partial charge in [-0.3, -0.25) is 4.98 Å². The largest absolute Gasteiger partial charge is 0.491 e. The molecule has 0 saturated carbocycles. The summed E-state index contributed by atoms with van der Waals surface area (Å²) < 4.78 is 39.2. The zero-order chi connectivity index (χ0) is 24.6. The van der Waals surface area contributed by atoms with Crippen LogP contribution < -0.4 is 9.47 Å². The van der Waals surface area contributed by atoms with Gasteiger partial charge in [-0.1, -0.05) is 51.3 Å². The molecule has 1 heterocycles. The average Bonchev–Trinajstić information content (AvgIpc) is 2.85. The van der Waals surface area contributed by atoms with Crippen molar-refractivity contribution in [3.8, 4) is 33.9 Å². The third-order valence-corrected chi connectivity index (χ3v) is 5.73. The Bertz CT molecular complexity index is 1080. The molecule has 0 bridgehead atoms. The van der Waals surface area contributed by atoms with Crippen molar-refractivity contribution in [3.63, 3.8) is 0 Å². The molecule has 4 nitrogen and oxygen atoms in total. The number of esters is 1. The lowest BCUT2D eigenvalue weighted by atomic mass is 10.1. The van der Waals surface area contributed by atoms with E-state index in [1.165, 1.54) is 13.0 Å². The first-order valence-electron chi connectivity index (χ1n) is 11.7. The van der Waals surface area contributed by atoms with Gasteiger partial charge in [-0.15, -0.1) is 0 Å². The van der Waals surface area contributed by atoms with Crippen LogP contribution in [0.25, 0.3) is 22.4 Å². The van der Waals surface area contributed by atoms with Crippen LogP contribution in [0.15, 0.2) is 60.8 Å². The van der Waals surface area contributed by atoms with Crippen LogP contribution in [-0.2, 0) is 4.79 Å². The van der Waals surface area contributed by atoms with E-state index in [4.69, 9.17) is 9.47 Å². The fraction of sp³-hybridized carbons (Fsp3) is 0.357. The molecule has 6 heteroatoms. The predicted octanol–water partition coefficient (Wildman–Crippen LogP) is 7.56. The first kappa shape index (κ1) is 25.3. The normalized spacial score (nSPS) is 12.7. The number of carbonyl (C=O) groups is 1. The predicted molar refractivity (Wildman–Crippen MR) is 130 cm³/mol. The molecular formula is C28H31F2NO3. The fourth-order valence-corrected chi connectivity index (χ4v) is 3.30. The summed E-state index contributed by atoms with van der Waals surface area (Å²) in [6.07, 6.45) is 6.03. The van der Waals surface area contributed by atoms with Crippen LogP contribution in [0.1, 0.15) is 52.9 Å². The molecule has 0 saturated heterocycles. The van der Waals surface area contributed by atoms with Gasteiger partial charge in [-0.05, 0) is 61.7 Å². The minimum atomic E-state index is -2.02. The van der Waals surface area contributed by atoms with Crippen molar-refractivity contribution < 1.29 is 23.0 Å². The van der Waals surface area contributed by atoms with Gasteiger partial charge in [0.2, 0.25) is 5.67 Å². The highest BCUT2D eigenvalue weighted by Crippen LogP contribution is 2.28. The molecule has 0 aliphatic carbocycles. The van der Waals surface area contributed by atoms with E-state index >= 15 is 0 Å². The van der Waals surface area contributed by atoms with Crippen LogP contribution in [0, 0.1) is 5.82 Å². The molecule has 34 heavy (non-hydrogen) atoms. The number of pyridine rings is 1. The Hall–Kier alpha value is -3.28. The lowest BCUT2D eigenvalue weighted by Gasteiger charge is -2.16. The Kier molecular flexibility index (Phi) is 8.74. The van der Waals surface area contributed by atoms with Crippen molar-refractivity contribution in [2.45, 2.75) is 58.5 Å². The monoisotopic (exact) mass is 467 g/mol. The van der Waals surface area contributed by atoms with Gasteiger partial charge in [-0.2, -0.15) is 0 Å². The zero-order valence-electron chi connectivity index (χ0n) is 19.9. The highest BCUT2D eigenvalue weighted by Gasteiger charge is 2.33. The third-order valence-electron chi connectivity index (χ3n) is 5.73. The molecule has 0 N–H and O–H groups in total. The summed E-state index contributed by atoms with van der Waals surface area (Å²) in [7, 11) is 0. The van der Waals surface area contributed by atoms with E-state index in [9.17, 15) is 13.6 Å². The topological polar surface area (TPSA) is 48.4 Å². The van der Waals surface area contributed by atoms with Crippen molar-refractivity contribution in [2.75, 3.05) is 6.61 Å². The smallest absolute Gasteiger partial charge is 0.348 e. The zero-order valence-corrected chi connectivity index (χ0v) is 19.9. The molecule has 3 rings (SSSR count). The number of alkyl halides is 1. The molecular weight excluding hydrogens is 436 g/mol. The molecule has 0 spiro atoms. The lowest BCUT2D eigenvalue weighted by molar-refractivity contribution is -0.146. The van der Waals surface area contributed by atoms with Crippen LogP contribution in [-0.4, -0.2) is 23.2 Å². The highest BCUT2D eigenvalue weighted by atomic mass is 19.1. The van der Waals surface area contributed by atoms with E-state index in [-0.39, 0.29) is 17.9 Å². The van der Waals surface area contributed by atoms with E-state index in [0.29, 0.717) is 17.9 Å². The van der Waals surface area contributed by atoms with Crippen molar-refractivity contribution in [2.24, 2.45) is 0 Å². The first-order chi connectivity index (χ1) is 16.3. The summed E-state index contributed by atoms with van der Waals surface area (Å²) in [6.45, 7) is 5.45. The number of hydrogen-bond acceptors (Lipinski definition) is 4. The number of rotatable bonds is 11. The Morgan fingerprint density at radius 3 is 2.26 bits per heavy atom. The lowest BCUT2D eigenvalue weighted by Crippen LogP contribution is -2.33. The SMILES string of the molecule is CCCCCCOc1ccc(-c2ccc(-c3ccc(OC(=O)[C@@](C)(F)CC)cc3)cn2)cc1F. The van der Waals surface area contributed by atoms with E-state index in [1.807, 2.05) is 12.1 Å². The second-order valence-corrected chi connectivity index (χ2v) is 8.45. The van der Waals surface area contributed by atoms with Gasteiger partial charge in [-0.25, -0.2) is 13.6 Å². The standard InChI is InChI=1S/C28H31F2NO3/c1-4-6-7-8-17-33-26-16-12-21(18-24(26)29)25-15-11-22(19-31-25)20-9-13-23(14-10-20)34-27(32)28(3,30)5-2/h9-16,18-19H,4-8,17H2,1-3H3/t28-/m0/s1. The quantitative estimate of drug-likeness (QED) is 0.166. The molecule has 1 aromatic heterocycles. The van der Waals surface area contributed by atoms with E-state index < -0.39 is 17.5 Å². The van der Waals surface area contributed by atoms with Gasteiger partial charge < -0.3 is 9.47 Å². The number of ether oxygens (including phenoxy) is 2. The number of carbonyl (C=O) groups excluding carboxylic acids is 1. The number of halogens is 2. The van der Waals surface area contributed by atoms with Crippen LogP contribution in [0.3, 0.4) is 0 Å². The Labute approximate surface area is 199 Å². The maximum absolute atomic E-state index is 14.5. The van der Waals surface area contributed by atoms with Crippen LogP contribution in [0.4, 0.5) is 8.78 Å². The average molecular weight is 468 g/mol.